The molecule has 0 N–H and O–H groups in total. The summed E-state index contributed by atoms with van der Waals surface area (Å²) in [6.07, 6.45) is 0.221. The maximum atomic E-state index is 12.7. The van der Waals surface area contributed by atoms with Gasteiger partial charge in [0.1, 0.15) is 0 Å². The van der Waals surface area contributed by atoms with E-state index in [4.69, 9.17) is 18.9 Å². The molecule has 0 aromatic heterocycles. The van der Waals surface area contributed by atoms with Gasteiger partial charge in [0.05, 0.1) is 27.9 Å². The number of hydrogen-bond donors (Lipinski definition) is 0. The second kappa shape index (κ2) is 6.34. The standard InChI is InChI=1S/C18H24O6/c1-17(2,3)10-24-16(20)18(15(19)23-6)9-11-7-13(21-4)14(22-5)8-12(11)18/h7-8H,9-10H2,1-6H3. The van der Waals surface area contributed by atoms with Crippen LogP contribution in [0.4, 0.5) is 0 Å². The molecule has 0 radical (unpaired) electrons. The number of hydrogen-bond acceptors (Lipinski definition) is 6. The SMILES string of the molecule is COC(=O)C1(C(=O)OCC(C)(C)C)Cc2cc(OC)c(OC)cc21. The fourth-order valence-electron chi connectivity index (χ4n) is 2.77. The Kier molecular flexibility index (Phi) is 4.78. The maximum absolute atomic E-state index is 12.7. The summed E-state index contributed by atoms with van der Waals surface area (Å²) >= 11 is 0. The van der Waals surface area contributed by atoms with E-state index in [2.05, 4.69) is 0 Å². The molecular formula is C18H24O6. The first-order valence-corrected chi connectivity index (χ1v) is 7.70. The molecule has 1 aromatic carbocycles. The molecule has 1 aliphatic carbocycles. The van der Waals surface area contributed by atoms with Gasteiger partial charge in [0.2, 0.25) is 0 Å². The second-order valence-electron chi connectivity index (χ2n) is 7.07. The lowest BCUT2D eigenvalue weighted by Crippen LogP contribution is -2.54. The first kappa shape index (κ1) is 18.1. The summed E-state index contributed by atoms with van der Waals surface area (Å²) in [5.74, 6) is -0.212. The minimum absolute atomic E-state index is 0.197. The van der Waals surface area contributed by atoms with Gasteiger partial charge in [0.25, 0.3) is 0 Å². The van der Waals surface area contributed by atoms with E-state index in [9.17, 15) is 9.59 Å². The summed E-state index contributed by atoms with van der Waals surface area (Å²) in [6.45, 7) is 6.07. The highest BCUT2D eigenvalue weighted by Crippen LogP contribution is 2.48. The van der Waals surface area contributed by atoms with Crippen LogP contribution in [0.25, 0.3) is 0 Å². The Labute approximate surface area is 142 Å². The van der Waals surface area contributed by atoms with Gasteiger partial charge in [-0.05, 0) is 28.7 Å². The largest absolute Gasteiger partial charge is 0.493 e. The van der Waals surface area contributed by atoms with Crippen LogP contribution >= 0.6 is 0 Å². The highest BCUT2D eigenvalue weighted by Gasteiger charge is 2.58. The molecule has 1 aromatic rings. The Morgan fingerprint density at radius 2 is 1.62 bits per heavy atom. The molecule has 24 heavy (non-hydrogen) atoms. The third kappa shape index (κ3) is 2.92. The summed E-state index contributed by atoms with van der Waals surface area (Å²) in [4.78, 5) is 25.1. The van der Waals surface area contributed by atoms with Crippen LogP contribution in [0.3, 0.4) is 0 Å². The average molecular weight is 336 g/mol. The van der Waals surface area contributed by atoms with Crippen LogP contribution in [0, 0.1) is 5.41 Å². The van der Waals surface area contributed by atoms with Crippen molar-refractivity contribution in [2.45, 2.75) is 32.6 Å². The zero-order valence-corrected chi connectivity index (χ0v) is 15.0. The quantitative estimate of drug-likeness (QED) is 0.607. The number of benzene rings is 1. The van der Waals surface area contributed by atoms with Crippen molar-refractivity contribution in [1.82, 2.24) is 0 Å². The van der Waals surface area contributed by atoms with E-state index in [1.54, 1.807) is 12.1 Å². The number of ether oxygens (including phenoxy) is 4. The molecule has 0 amide bonds. The second-order valence-corrected chi connectivity index (χ2v) is 7.07. The molecule has 2 rings (SSSR count). The number of carbonyl (C=O) groups is 2. The summed E-state index contributed by atoms with van der Waals surface area (Å²) < 4.78 is 20.8. The van der Waals surface area contributed by atoms with E-state index in [0.29, 0.717) is 17.1 Å². The van der Waals surface area contributed by atoms with Crippen molar-refractivity contribution in [3.8, 4) is 11.5 Å². The fraction of sp³-hybridized carbons (Fsp3) is 0.556. The van der Waals surface area contributed by atoms with Crippen molar-refractivity contribution < 1.29 is 28.5 Å². The Morgan fingerprint density at radius 3 is 2.12 bits per heavy atom. The zero-order valence-electron chi connectivity index (χ0n) is 15.0. The molecule has 6 heteroatoms. The molecule has 1 aliphatic rings. The van der Waals surface area contributed by atoms with Crippen LogP contribution in [0.15, 0.2) is 12.1 Å². The molecule has 132 valence electrons. The summed E-state index contributed by atoms with van der Waals surface area (Å²) in [7, 11) is 4.30. The van der Waals surface area contributed by atoms with Crippen LogP contribution in [-0.2, 0) is 30.9 Å². The topological polar surface area (TPSA) is 71.1 Å². The zero-order chi connectivity index (χ0) is 18.1. The lowest BCUT2D eigenvalue weighted by atomic mass is 9.63. The monoisotopic (exact) mass is 336 g/mol. The van der Waals surface area contributed by atoms with Crippen molar-refractivity contribution >= 4 is 11.9 Å². The first-order valence-electron chi connectivity index (χ1n) is 7.70. The van der Waals surface area contributed by atoms with Crippen molar-refractivity contribution in [3.05, 3.63) is 23.3 Å². The fourth-order valence-corrected chi connectivity index (χ4v) is 2.77. The molecule has 0 fully saturated rings. The highest BCUT2D eigenvalue weighted by atomic mass is 16.6. The highest BCUT2D eigenvalue weighted by molar-refractivity contribution is 6.09. The molecule has 0 saturated heterocycles. The third-order valence-electron chi connectivity index (χ3n) is 4.04. The van der Waals surface area contributed by atoms with Gasteiger partial charge in [-0.1, -0.05) is 20.8 Å². The van der Waals surface area contributed by atoms with E-state index in [1.807, 2.05) is 20.8 Å². The minimum atomic E-state index is -1.44. The lowest BCUT2D eigenvalue weighted by molar-refractivity contribution is -0.167. The van der Waals surface area contributed by atoms with Crippen molar-refractivity contribution in [2.75, 3.05) is 27.9 Å². The number of esters is 2. The predicted molar refractivity (Wildman–Crippen MR) is 87.4 cm³/mol. The molecule has 1 atom stereocenters. The molecule has 0 aliphatic heterocycles. The van der Waals surface area contributed by atoms with Gasteiger partial charge in [-0.25, -0.2) is 0 Å². The van der Waals surface area contributed by atoms with Crippen molar-refractivity contribution in [1.29, 1.82) is 0 Å². The molecule has 0 saturated carbocycles. The maximum Gasteiger partial charge on any atom is 0.328 e. The number of fused-ring (bicyclic) bond motifs is 1. The summed E-state index contributed by atoms with van der Waals surface area (Å²) in [6, 6.07) is 3.42. The smallest absolute Gasteiger partial charge is 0.328 e. The first-order chi connectivity index (χ1) is 11.2. The molecule has 6 nitrogen and oxygen atoms in total. The Bertz CT molecular complexity index is 658. The van der Waals surface area contributed by atoms with Crippen LogP contribution in [0.2, 0.25) is 0 Å². The third-order valence-corrected chi connectivity index (χ3v) is 4.04. The Hall–Kier alpha value is -2.24. The Balaban J connectivity index is 2.42. The molecule has 0 heterocycles. The van der Waals surface area contributed by atoms with E-state index in [0.717, 1.165) is 5.56 Å². The van der Waals surface area contributed by atoms with E-state index in [1.165, 1.54) is 21.3 Å². The van der Waals surface area contributed by atoms with Crippen LogP contribution in [-0.4, -0.2) is 39.9 Å². The van der Waals surface area contributed by atoms with E-state index < -0.39 is 17.4 Å². The van der Waals surface area contributed by atoms with E-state index >= 15 is 0 Å². The molecular weight excluding hydrogens is 312 g/mol. The average Bonchev–Trinajstić information content (AvgIpc) is 2.52. The lowest BCUT2D eigenvalue weighted by Gasteiger charge is -2.39. The van der Waals surface area contributed by atoms with Gasteiger partial charge >= 0.3 is 11.9 Å². The van der Waals surface area contributed by atoms with Gasteiger partial charge < -0.3 is 18.9 Å². The van der Waals surface area contributed by atoms with Crippen molar-refractivity contribution in [3.63, 3.8) is 0 Å². The van der Waals surface area contributed by atoms with Gasteiger partial charge in [-0.2, -0.15) is 0 Å². The summed E-state index contributed by atoms with van der Waals surface area (Å²) in [5, 5.41) is 0. The predicted octanol–water partition coefficient (Wildman–Crippen LogP) is 2.26. The summed E-state index contributed by atoms with van der Waals surface area (Å²) in [5.41, 5.74) is -0.247. The van der Waals surface area contributed by atoms with Crippen LogP contribution in [0.1, 0.15) is 31.9 Å². The van der Waals surface area contributed by atoms with Gasteiger partial charge in [-0.15, -0.1) is 0 Å². The van der Waals surface area contributed by atoms with Crippen molar-refractivity contribution in [2.24, 2.45) is 5.41 Å². The van der Waals surface area contributed by atoms with Gasteiger partial charge in [-0.3, -0.25) is 9.59 Å². The number of rotatable bonds is 5. The normalized spacial score (nSPS) is 18.9. The Morgan fingerprint density at radius 1 is 1.04 bits per heavy atom. The van der Waals surface area contributed by atoms with Gasteiger partial charge in [0.15, 0.2) is 16.9 Å². The number of methoxy groups -OCH3 is 3. The van der Waals surface area contributed by atoms with Gasteiger partial charge in [0, 0.05) is 6.42 Å². The number of carbonyl (C=O) groups excluding carboxylic acids is 2. The molecule has 0 bridgehead atoms. The minimum Gasteiger partial charge on any atom is -0.493 e. The van der Waals surface area contributed by atoms with Crippen LogP contribution in [0.5, 0.6) is 11.5 Å². The molecule has 0 spiro atoms. The van der Waals surface area contributed by atoms with E-state index in [-0.39, 0.29) is 18.4 Å². The molecule has 1 unspecified atom stereocenters. The van der Waals surface area contributed by atoms with Crippen LogP contribution < -0.4 is 9.47 Å².